The topological polar surface area (TPSA) is 58.7 Å². The van der Waals surface area contributed by atoms with Crippen LogP contribution in [0.15, 0.2) is 24.3 Å². The number of hydrogen-bond acceptors (Lipinski definition) is 4. The zero-order chi connectivity index (χ0) is 13.5. The Kier molecular flexibility index (Phi) is 5.37. The van der Waals surface area contributed by atoms with Crippen molar-refractivity contribution in [3.8, 4) is 11.8 Å². The Labute approximate surface area is 114 Å². The molecular formula is C15H20N2O2. The fourth-order valence-corrected chi connectivity index (χ4v) is 2.20. The quantitative estimate of drug-likeness (QED) is 0.762. The lowest BCUT2D eigenvalue weighted by Gasteiger charge is -2.32. The molecule has 1 atom stereocenters. The minimum Gasteiger partial charge on any atom is -0.394 e. The van der Waals surface area contributed by atoms with Gasteiger partial charge < -0.3 is 15.6 Å². The Bertz CT molecular complexity index is 465. The molecule has 0 aliphatic carbocycles. The van der Waals surface area contributed by atoms with Gasteiger partial charge in [0.1, 0.15) is 0 Å². The molecule has 1 heterocycles. The van der Waals surface area contributed by atoms with E-state index < -0.39 is 0 Å². The number of ether oxygens (including phenoxy) is 1. The van der Waals surface area contributed by atoms with Crippen LogP contribution >= 0.6 is 0 Å². The van der Waals surface area contributed by atoms with Gasteiger partial charge in [0.05, 0.1) is 25.9 Å². The molecule has 3 N–H and O–H groups in total. The van der Waals surface area contributed by atoms with Crippen molar-refractivity contribution in [2.24, 2.45) is 5.73 Å². The average Bonchev–Trinajstić information content (AvgIpc) is 2.46. The van der Waals surface area contributed by atoms with Crippen LogP contribution in [0.3, 0.4) is 0 Å². The van der Waals surface area contributed by atoms with E-state index in [1.54, 1.807) is 0 Å². The Morgan fingerprint density at radius 2 is 2.26 bits per heavy atom. The number of benzene rings is 1. The lowest BCUT2D eigenvalue weighted by atomic mass is 10.1. The standard InChI is InChI=1S/C15H20N2O2/c16-7-3-6-13-4-1-2-5-14(13)10-17-8-9-19-15(11-17)12-18/h1-2,4-5,15,18H,7-12,16H2. The first kappa shape index (κ1) is 14.0. The van der Waals surface area contributed by atoms with Crippen molar-refractivity contribution in [2.45, 2.75) is 12.6 Å². The summed E-state index contributed by atoms with van der Waals surface area (Å²) in [5.41, 5.74) is 7.64. The summed E-state index contributed by atoms with van der Waals surface area (Å²) in [5.74, 6) is 6.00. The molecular weight excluding hydrogens is 240 g/mol. The number of nitrogens with two attached hydrogens (primary N) is 1. The summed E-state index contributed by atoms with van der Waals surface area (Å²) in [6.07, 6.45) is -0.0731. The summed E-state index contributed by atoms with van der Waals surface area (Å²) < 4.78 is 5.45. The predicted molar refractivity (Wildman–Crippen MR) is 74.5 cm³/mol. The van der Waals surface area contributed by atoms with E-state index in [2.05, 4.69) is 22.8 Å². The van der Waals surface area contributed by atoms with Gasteiger partial charge in [0.2, 0.25) is 0 Å². The van der Waals surface area contributed by atoms with Gasteiger partial charge in [0, 0.05) is 25.2 Å². The van der Waals surface area contributed by atoms with Gasteiger partial charge in [-0.25, -0.2) is 0 Å². The summed E-state index contributed by atoms with van der Waals surface area (Å²) in [7, 11) is 0. The van der Waals surface area contributed by atoms with Gasteiger partial charge in [-0.3, -0.25) is 4.90 Å². The Hall–Kier alpha value is -1.38. The molecule has 1 aliphatic heterocycles. The van der Waals surface area contributed by atoms with E-state index in [0.717, 1.165) is 25.2 Å². The minimum absolute atomic E-state index is 0.0731. The first-order chi connectivity index (χ1) is 9.33. The second-order valence-electron chi connectivity index (χ2n) is 4.57. The highest BCUT2D eigenvalue weighted by molar-refractivity contribution is 5.41. The van der Waals surface area contributed by atoms with E-state index in [4.69, 9.17) is 15.6 Å². The highest BCUT2D eigenvalue weighted by Crippen LogP contribution is 2.13. The van der Waals surface area contributed by atoms with Crippen LogP contribution in [0.5, 0.6) is 0 Å². The number of hydrogen-bond donors (Lipinski definition) is 2. The van der Waals surface area contributed by atoms with Crippen LogP contribution in [-0.2, 0) is 11.3 Å². The second-order valence-corrected chi connectivity index (χ2v) is 4.57. The molecule has 0 spiro atoms. The summed E-state index contributed by atoms with van der Waals surface area (Å²) in [6.45, 7) is 3.59. The van der Waals surface area contributed by atoms with Crippen LogP contribution in [0.2, 0.25) is 0 Å². The van der Waals surface area contributed by atoms with Gasteiger partial charge in [0.15, 0.2) is 0 Å². The number of rotatable bonds is 3. The molecule has 4 heteroatoms. The molecule has 0 aromatic heterocycles. The lowest BCUT2D eigenvalue weighted by molar-refractivity contribution is -0.0551. The maximum Gasteiger partial charge on any atom is 0.0933 e. The fraction of sp³-hybridized carbons (Fsp3) is 0.467. The molecule has 1 fully saturated rings. The molecule has 0 saturated carbocycles. The van der Waals surface area contributed by atoms with Crippen molar-refractivity contribution in [3.63, 3.8) is 0 Å². The molecule has 1 aromatic carbocycles. The monoisotopic (exact) mass is 260 g/mol. The summed E-state index contributed by atoms with van der Waals surface area (Å²) in [4.78, 5) is 2.29. The molecule has 1 aliphatic rings. The number of aliphatic hydroxyl groups is 1. The van der Waals surface area contributed by atoms with Gasteiger partial charge >= 0.3 is 0 Å². The zero-order valence-electron chi connectivity index (χ0n) is 11.0. The maximum absolute atomic E-state index is 9.16. The molecule has 0 radical (unpaired) electrons. The van der Waals surface area contributed by atoms with Gasteiger partial charge in [-0.05, 0) is 11.6 Å². The van der Waals surface area contributed by atoms with E-state index in [1.807, 2.05) is 18.2 Å². The molecule has 1 unspecified atom stereocenters. The van der Waals surface area contributed by atoms with Crippen LogP contribution in [0, 0.1) is 11.8 Å². The third-order valence-electron chi connectivity index (χ3n) is 3.16. The minimum atomic E-state index is -0.0731. The van der Waals surface area contributed by atoms with Gasteiger partial charge in [-0.15, -0.1) is 0 Å². The molecule has 0 amide bonds. The van der Waals surface area contributed by atoms with Crippen LogP contribution in [0.25, 0.3) is 0 Å². The second kappa shape index (κ2) is 7.27. The molecule has 4 nitrogen and oxygen atoms in total. The van der Waals surface area contributed by atoms with Crippen molar-refractivity contribution in [1.29, 1.82) is 0 Å². The third-order valence-corrected chi connectivity index (χ3v) is 3.16. The van der Waals surface area contributed by atoms with Crippen molar-refractivity contribution >= 4 is 0 Å². The number of aliphatic hydroxyl groups excluding tert-OH is 1. The van der Waals surface area contributed by atoms with Gasteiger partial charge in [-0.1, -0.05) is 30.0 Å². The van der Waals surface area contributed by atoms with Crippen molar-refractivity contribution in [2.75, 3.05) is 32.8 Å². The van der Waals surface area contributed by atoms with Crippen LogP contribution in [-0.4, -0.2) is 49.0 Å². The van der Waals surface area contributed by atoms with E-state index in [-0.39, 0.29) is 12.7 Å². The molecule has 2 rings (SSSR count). The fourth-order valence-electron chi connectivity index (χ4n) is 2.20. The Morgan fingerprint density at radius 1 is 1.42 bits per heavy atom. The Balaban J connectivity index is 2.06. The zero-order valence-corrected chi connectivity index (χ0v) is 11.0. The SMILES string of the molecule is NCC#Cc1ccccc1CN1CCOC(CO)C1. The number of morpholine rings is 1. The third kappa shape index (κ3) is 4.05. The largest absolute Gasteiger partial charge is 0.394 e. The molecule has 102 valence electrons. The maximum atomic E-state index is 9.16. The predicted octanol–water partition coefficient (Wildman–Crippen LogP) is 0.190. The lowest BCUT2D eigenvalue weighted by Crippen LogP contribution is -2.43. The van der Waals surface area contributed by atoms with Crippen molar-refractivity contribution < 1.29 is 9.84 Å². The highest BCUT2D eigenvalue weighted by Gasteiger charge is 2.20. The summed E-state index contributed by atoms with van der Waals surface area (Å²) in [6, 6.07) is 8.11. The van der Waals surface area contributed by atoms with Crippen molar-refractivity contribution in [3.05, 3.63) is 35.4 Å². The van der Waals surface area contributed by atoms with E-state index in [1.165, 1.54) is 5.56 Å². The van der Waals surface area contributed by atoms with Crippen LogP contribution < -0.4 is 5.73 Å². The van der Waals surface area contributed by atoms with Crippen LogP contribution in [0.4, 0.5) is 0 Å². The van der Waals surface area contributed by atoms with Crippen molar-refractivity contribution in [1.82, 2.24) is 4.90 Å². The molecule has 0 bridgehead atoms. The molecule has 1 aromatic rings. The Morgan fingerprint density at radius 3 is 3.05 bits per heavy atom. The molecule has 19 heavy (non-hydrogen) atoms. The summed E-state index contributed by atoms with van der Waals surface area (Å²) in [5, 5.41) is 9.16. The first-order valence-electron chi connectivity index (χ1n) is 6.55. The highest BCUT2D eigenvalue weighted by atomic mass is 16.5. The van der Waals surface area contributed by atoms with Crippen LogP contribution in [0.1, 0.15) is 11.1 Å². The normalized spacial score (nSPS) is 19.8. The van der Waals surface area contributed by atoms with E-state index >= 15 is 0 Å². The smallest absolute Gasteiger partial charge is 0.0933 e. The van der Waals surface area contributed by atoms with E-state index in [0.29, 0.717) is 13.2 Å². The first-order valence-corrected chi connectivity index (χ1v) is 6.55. The van der Waals surface area contributed by atoms with Gasteiger partial charge in [0.25, 0.3) is 0 Å². The molecule has 1 saturated heterocycles. The number of nitrogens with zero attached hydrogens (tertiary/aromatic N) is 1. The average molecular weight is 260 g/mol. The van der Waals surface area contributed by atoms with Gasteiger partial charge in [-0.2, -0.15) is 0 Å². The van der Waals surface area contributed by atoms with E-state index in [9.17, 15) is 0 Å². The summed E-state index contributed by atoms with van der Waals surface area (Å²) >= 11 is 0.